The van der Waals surface area contributed by atoms with Gasteiger partial charge in [0.05, 0.1) is 41.7 Å². The number of hydrogen-bond donors (Lipinski definition) is 3. The van der Waals surface area contributed by atoms with E-state index in [0.717, 1.165) is 0 Å². The Bertz CT molecular complexity index is 1160. The molecule has 0 aliphatic rings. The zero-order chi connectivity index (χ0) is 23.4. The Kier molecular flexibility index (Phi) is 6.95. The number of anilines is 1. The molecule has 32 heavy (non-hydrogen) atoms. The van der Waals surface area contributed by atoms with Crippen molar-refractivity contribution in [2.45, 2.75) is 45.3 Å². The lowest BCUT2D eigenvalue weighted by molar-refractivity contribution is 0.0811. The van der Waals surface area contributed by atoms with Gasteiger partial charge in [-0.2, -0.15) is 15.0 Å². The van der Waals surface area contributed by atoms with Crippen LogP contribution in [-0.2, 0) is 0 Å². The highest BCUT2D eigenvalue weighted by Crippen LogP contribution is 2.23. The van der Waals surface area contributed by atoms with Crippen molar-refractivity contribution >= 4 is 22.6 Å². The number of nitrogens with one attached hydrogen (secondary N) is 2. The maximum Gasteiger partial charge on any atom is 0.255 e. The normalized spacial score (nSPS) is 14.9. The van der Waals surface area contributed by atoms with Gasteiger partial charge in [0, 0.05) is 23.8 Å². The molecular formula is C21H23F2N7O2. The zero-order valence-electron chi connectivity index (χ0n) is 17.8. The summed E-state index contributed by atoms with van der Waals surface area (Å²) in [6.45, 7) is 3.90. The van der Waals surface area contributed by atoms with Crippen LogP contribution in [0.2, 0.25) is 0 Å². The Morgan fingerprint density at radius 1 is 1.22 bits per heavy atom. The molecule has 4 atom stereocenters. The second-order valence-electron chi connectivity index (χ2n) is 7.47. The highest BCUT2D eigenvalue weighted by Gasteiger charge is 2.21. The monoisotopic (exact) mass is 443 g/mol. The van der Waals surface area contributed by atoms with E-state index < -0.39 is 30.4 Å². The molecule has 0 radical (unpaired) electrons. The molecule has 0 spiro atoms. The van der Waals surface area contributed by atoms with Crippen LogP contribution in [0.15, 0.2) is 30.7 Å². The van der Waals surface area contributed by atoms with Crippen LogP contribution in [0.4, 0.5) is 14.5 Å². The summed E-state index contributed by atoms with van der Waals surface area (Å²) in [4.78, 5) is 21.1. The molecule has 0 saturated heterocycles. The van der Waals surface area contributed by atoms with Gasteiger partial charge in [-0.1, -0.05) is 0 Å². The Hall–Kier alpha value is -3.65. The van der Waals surface area contributed by atoms with Gasteiger partial charge in [-0.05, 0) is 26.8 Å². The van der Waals surface area contributed by atoms with Gasteiger partial charge in [-0.3, -0.25) is 4.79 Å². The molecule has 0 aromatic carbocycles. The number of hydrogen-bond acceptors (Lipinski definition) is 7. The number of rotatable bonds is 8. The minimum atomic E-state index is -1.63. The maximum atomic E-state index is 13.8. The Morgan fingerprint density at radius 2 is 1.97 bits per heavy atom. The first-order valence-electron chi connectivity index (χ1n) is 9.96. The number of aliphatic hydroxyl groups excluding tert-OH is 1. The third-order valence-corrected chi connectivity index (χ3v) is 4.94. The molecule has 0 bridgehead atoms. The number of aliphatic hydroxyl groups is 1. The van der Waals surface area contributed by atoms with E-state index in [4.69, 9.17) is 5.26 Å². The van der Waals surface area contributed by atoms with Gasteiger partial charge in [0.2, 0.25) is 0 Å². The molecule has 11 heteroatoms. The van der Waals surface area contributed by atoms with Crippen molar-refractivity contribution < 1.29 is 18.7 Å². The van der Waals surface area contributed by atoms with E-state index >= 15 is 0 Å². The van der Waals surface area contributed by atoms with Crippen molar-refractivity contribution in [1.82, 2.24) is 25.1 Å². The van der Waals surface area contributed by atoms with E-state index in [9.17, 15) is 18.7 Å². The molecule has 3 N–H and O–H groups in total. The number of nitriles is 1. The van der Waals surface area contributed by atoms with Crippen LogP contribution in [0.1, 0.15) is 36.7 Å². The molecule has 3 heterocycles. The number of pyridine rings is 2. The summed E-state index contributed by atoms with van der Waals surface area (Å²) < 4.78 is 28.9. The number of carbonyl (C=O) groups excluding carboxylic acids is 1. The molecule has 168 valence electrons. The molecule has 1 amide bonds. The first kappa shape index (κ1) is 23.0. The lowest BCUT2D eigenvalue weighted by Crippen LogP contribution is -2.36. The van der Waals surface area contributed by atoms with Crippen molar-refractivity contribution in [3.05, 3.63) is 41.9 Å². The minimum absolute atomic E-state index is 0.0789. The number of aromatic nitrogens is 4. The standard InChI is InChI=1S/C21H23F2N7O2/c1-11(22)12(2)29-18-5-19(25-9-16(18)21(32)27-10-17(23)13(3)31)30-20-15(8-28-30)4-14(6-24)7-26-20/h4-5,7-9,11-13,17,31H,10H2,1-3H3,(H,25,29)(H,27,32). The lowest BCUT2D eigenvalue weighted by Gasteiger charge is -2.20. The fourth-order valence-corrected chi connectivity index (χ4v) is 2.83. The van der Waals surface area contributed by atoms with Crippen LogP contribution in [0.5, 0.6) is 0 Å². The summed E-state index contributed by atoms with van der Waals surface area (Å²) in [5.74, 6) is -0.321. The number of carbonyl (C=O) groups is 1. The van der Waals surface area contributed by atoms with E-state index in [0.29, 0.717) is 22.4 Å². The quantitative estimate of drug-likeness (QED) is 0.487. The number of alkyl halides is 2. The third-order valence-electron chi connectivity index (χ3n) is 4.94. The van der Waals surface area contributed by atoms with Crippen LogP contribution in [0.3, 0.4) is 0 Å². The van der Waals surface area contributed by atoms with Crippen molar-refractivity contribution in [2.75, 3.05) is 11.9 Å². The van der Waals surface area contributed by atoms with Crippen molar-refractivity contribution in [1.29, 1.82) is 5.26 Å². The zero-order valence-corrected chi connectivity index (χ0v) is 17.8. The predicted octanol–water partition coefficient (Wildman–Crippen LogP) is 2.29. The first-order chi connectivity index (χ1) is 15.2. The molecule has 4 unspecified atom stereocenters. The number of fused-ring (bicyclic) bond motifs is 1. The molecule has 3 aromatic rings. The molecule has 3 aromatic heterocycles. The fraction of sp³-hybridized carbons (Fsp3) is 0.381. The highest BCUT2D eigenvalue weighted by molar-refractivity contribution is 5.99. The average Bonchev–Trinajstić information content (AvgIpc) is 3.20. The van der Waals surface area contributed by atoms with E-state index in [1.807, 2.05) is 6.07 Å². The van der Waals surface area contributed by atoms with Crippen molar-refractivity contribution in [2.24, 2.45) is 0 Å². The van der Waals surface area contributed by atoms with Gasteiger partial charge in [-0.15, -0.1) is 0 Å². The summed E-state index contributed by atoms with van der Waals surface area (Å²) >= 11 is 0. The number of amides is 1. The summed E-state index contributed by atoms with van der Waals surface area (Å²) in [5, 5.41) is 28.5. The van der Waals surface area contributed by atoms with Crippen LogP contribution < -0.4 is 10.6 Å². The summed E-state index contributed by atoms with van der Waals surface area (Å²) in [7, 11) is 0. The molecule has 0 aliphatic carbocycles. The predicted molar refractivity (Wildman–Crippen MR) is 114 cm³/mol. The Morgan fingerprint density at radius 3 is 2.62 bits per heavy atom. The molecule has 3 rings (SSSR count). The van der Waals surface area contributed by atoms with Crippen molar-refractivity contribution in [3.8, 4) is 11.9 Å². The van der Waals surface area contributed by atoms with E-state index in [-0.39, 0.29) is 17.8 Å². The molecule has 0 saturated carbocycles. The van der Waals surface area contributed by atoms with Crippen molar-refractivity contribution in [3.63, 3.8) is 0 Å². The van der Waals surface area contributed by atoms with E-state index in [1.54, 1.807) is 13.0 Å². The van der Waals surface area contributed by atoms with Crippen LogP contribution >= 0.6 is 0 Å². The largest absolute Gasteiger partial charge is 0.390 e. The first-order valence-corrected chi connectivity index (χ1v) is 9.96. The smallest absolute Gasteiger partial charge is 0.255 e. The van der Waals surface area contributed by atoms with Gasteiger partial charge >= 0.3 is 0 Å². The topological polar surface area (TPSA) is 129 Å². The van der Waals surface area contributed by atoms with Gasteiger partial charge in [0.1, 0.15) is 18.4 Å². The SMILES string of the molecule is CC(O)C(F)CNC(=O)c1cnc(-n2ncc3cc(C#N)cnc32)cc1NC(C)C(C)F. The molecule has 9 nitrogen and oxygen atoms in total. The summed E-state index contributed by atoms with van der Waals surface area (Å²) in [6.07, 6.45) is 0.126. The molecular weight excluding hydrogens is 420 g/mol. The second kappa shape index (κ2) is 9.65. The van der Waals surface area contributed by atoms with Gasteiger partial charge in [0.15, 0.2) is 11.5 Å². The third kappa shape index (κ3) is 4.97. The molecule has 0 fully saturated rings. The van der Waals surface area contributed by atoms with Crippen LogP contribution in [0.25, 0.3) is 16.9 Å². The van der Waals surface area contributed by atoms with E-state index in [2.05, 4.69) is 25.7 Å². The lowest BCUT2D eigenvalue weighted by atomic mass is 10.1. The molecule has 0 aliphatic heterocycles. The number of nitrogens with zero attached hydrogens (tertiary/aromatic N) is 5. The average molecular weight is 443 g/mol. The second-order valence-corrected chi connectivity index (χ2v) is 7.47. The van der Waals surface area contributed by atoms with E-state index in [1.165, 1.54) is 43.2 Å². The van der Waals surface area contributed by atoms with Gasteiger partial charge in [-0.25, -0.2) is 18.7 Å². The highest BCUT2D eigenvalue weighted by atomic mass is 19.1. The fourth-order valence-electron chi connectivity index (χ4n) is 2.83. The minimum Gasteiger partial charge on any atom is -0.390 e. The van der Waals surface area contributed by atoms with Crippen LogP contribution in [0, 0.1) is 11.3 Å². The summed E-state index contributed by atoms with van der Waals surface area (Å²) in [5.41, 5.74) is 1.18. The van der Waals surface area contributed by atoms with Gasteiger partial charge < -0.3 is 15.7 Å². The Labute approximate surface area is 183 Å². The maximum absolute atomic E-state index is 13.8. The van der Waals surface area contributed by atoms with Crippen LogP contribution in [-0.4, -0.2) is 61.8 Å². The Balaban J connectivity index is 1.98. The summed E-state index contributed by atoms with van der Waals surface area (Å²) in [6, 6.07) is 4.53. The van der Waals surface area contributed by atoms with Gasteiger partial charge in [0.25, 0.3) is 5.91 Å². The number of halogens is 2.